The van der Waals surface area contributed by atoms with Crippen molar-refractivity contribution in [2.24, 2.45) is 5.92 Å². The Morgan fingerprint density at radius 3 is 2.57 bits per heavy atom. The van der Waals surface area contributed by atoms with E-state index < -0.39 is 10.0 Å². The summed E-state index contributed by atoms with van der Waals surface area (Å²) in [6.07, 6.45) is 1.51. The Kier molecular flexibility index (Phi) is 5.24. The summed E-state index contributed by atoms with van der Waals surface area (Å²) in [5.74, 6) is 1.09. The van der Waals surface area contributed by atoms with E-state index in [1.54, 1.807) is 24.3 Å². The number of hydrogen-bond donors (Lipinski definition) is 1. The van der Waals surface area contributed by atoms with Crippen molar-refractivity contribution >= 4 is 10.0 Å². The lowest BCUT2D eigenvalue weighted by Crippen LogP contribution is -2.37. The average Bonchev–Trinajstić information content (AvgIpc) is 2.94. The largest absolute Gasteiger partial charge is 0.493 e. The first-order chi connectivity index (χ1) is 9.95. The fourth-order valence-corrected chi connectivity index (χ4v) is 4.10. The van der Waals surface area contributed by atoms with E-state index in [0.717, 1.165) is 6.42 Å². The fourth-order valence-electron chi connectivity index (χ4n) is 2.41. The van der Waals surface area contributed by atoms with Crippen molar-refractivity contribution < 1.29 is 18.3 Å². The molecule has 1 saturated heterocycles. The number of hydrogen-bond acceptors (Lipinski definition) is 4. The van der Waals surface area contributed by atoms with Crippen molar-refractivity contribution in [3.05, 3.63) is 24.3 Å². The molecule has 118 valence electrons. The Bertz CT molecular complexity index is 554. The van der Waals surface area contributed by atoms with E-state index in [0.29, 0.717) is 31.2 Å². The second kappa shape index (κ2) is 6.77. The number of rotatable bonds is 6. The molecule has 1 atom stereocenters. The van der Waals surface area contributed by atoms with Crippen molar-refractivity contribution in [1.29, 1.82) is 0 Å². The van der Waals surface area contributed by atoms with Crippen molar-refractivity contribution in [3.8, 4) is 5.75 Å². The summed E-state index contributed by atoms with van der Waals surface area (Å²) in [4.78, 5) is 0.250. The van der Waals surface area contributed by atoms with Crippen molar-refractivity contribution in [1.82, 2.24) is 4.31 Å². The van der Waals surface area contributed by atoms with Crippen LogP contribution in [-0.4, -0.2) is 43.6 Å². The van der Waals surface area contributed by atoms with Gasteiger partial charge in [-0.2, -0.15) is 4.31 Å². The van der Waals surface area contributed by atoms with E-state index in [9.17, 15) is 13.5 Å². The number of sulfonamides is 1. The molecule has 0 saturated carbocycles. The van der Waals surface area contributed by atoms with Gasteiger partial charge in [0.1, 0.15) is 5.75 Å². The van der Waals surface area contributed by atoms with Crippen LogP contribution < -0.4 is 4.74 Å². The molecule has 1 unspecified atom stereocenters. The van der Waals surface area contributed by atoms with Gasteiger partial charge in [-0.25, -0.2) is 8.42 Å². The molecule has 1 fully saturated rings. The molecule has 0 spiro atoms. The molecule has 1 aliphatic heterocycles. The summed E-state index contributed by atoms with van der Waals surface area (Å²) in [5, 5.41) is 9.29. The molecule has 1 N–H and O–H groups in total. The third kappa shape index (κ3) is 3.75. The zero-order valence-electron chi connectivity index (χ0n) is 12.5. The van der Waals surface area contributed by atoms with Gasteiger partial charge in [0.15, 0.2) is 0 Å². The molecule has 0 radical (unpaired) electrons. The maximum absolute atomic E-state index is 12.6. The summed E-state index contributed by atoms with van der Waals surface area (Å²) in [5.41, 5.74) is 0. The molecule has 0 aromatic heterocycles. The van der Waals surface area contributed by atoms with Crippen LogP contribution in [-0.2, 0) is 10.0 Å². The molecule has 1 aromatic carbocycles. The van der Waals surface area contributed by atoms with Crippen LogP contribution in [0.1, 0.15) is 26.7 Å². The Morgan fingerprint density at radius 2 is 2.00 bits per heavy atom. The van der Waals surface area contributed by atoms with Crippen LogP contribution in [0.4, 0.5) is 0 Å². The van der Waals surface area contributed by atoms with Crippen LogP contribution in [0.5, 0.6) is 5.75 Å². The number of ether oxygens (including phenoxy) is 1. The topological polar surface area (TPSA) is 66.8 Å². The highest BCUT2D eigenvalue weighted by Crippen LogP contribution is 2.27. The molecule has 6 heteroatoms. The lowest BCUT2D eigenvalue weighted by molar-refractivity contribution is 0.213. The molecular formula is C15H23NO4S. The van der Waals surface area contributed by atoms with Crippen LogP contribution in [0.15, 0.2) is 29.2 Å². The van der Waals surface area contributed by atoms with Crippen LogP contribution in [0, 0.1) is 5.92 Å². The summed E-state index contributed by atoms with van der Waals surface area (Å²) < 4.78 is 32.1. The molecule has 2 rings (SSSR count). The number of nitrogens with zero attached hydrogens (tertiary/aromatic N) is 1. The molecule has 0 amide bonds. The van der Waals surface area contributed by atoms with Gasteiger partial charge in [-0.3, -0.25) is 0 Å². The van der Waals surface area contributed by atoms with E-state index in [-0.39, 0.29) is 17.5 Å². The maximum atomic E-state index is 12.6. The van der Waals surface area contributed by atoms with Crippen LogP contribution in [0.2, 0.25) is 0 Å². The van der Waals surface area contributed by atoms with E-state index in [4.69, 9.17) is 4.74 Å². The zero-order valence-corrected chi connectivity index (χ0v) is 13.3. The van der Waals surface area contributed by atoms with Crippen molar-refractivity contribution in [2.45, 2.75) is 37.6 Å². The first kappa shape index (κ1) is 16.3. The number of aliphatic hydroxyl groups is 1. The van der Waals surface area contributed by atoms with E-state index in [1.807, 2.05) is 0 Å². The normalized spacial score (nSPS) is 20.1. The molecule has 5 nitrogen and oxygen atoms in total. The smallest absolute Gasteiger partial charge is 0.243 e. The quantitative estimate of drug-likeness (QED) is 0.870. The third-order valence-electron chi connectivity index (χ3n) is 3.55. The highest BCUT2D eigenvalue weighted by Gasteiger charge is 2.34. The average molecular weight is 313 g/mol. The van der Waals surface area contributed by atoms with Gasteiger partial charge in [-0.15, -0.1) is 0 Å². The minimum absolute atomic E-state index is 0.130. The van der Waals surface area contributed by atoms with E-state index in [1.165, 1.54) is 4.31 Å². The van der Waals surface area contributed by atoms with Gasteiger partial charge in [0, 0.05) is 12.6 Å². The predicted molar refractivity (Wildman–Crippen MR) is 80.8 cm³/mol. The SMILES string of the molecule is CC(C)COc1ccc(S(=O)(=O)N2CCCC2CO)cc1. The Balaban J connectivity index is 2.13. The van der Waals surface area contributed by atoms with E-state index in [2.05, 4.69) is 13.8 Å². The molecular weight excluding hydrogens is 290 g/mol. The van der Waals surface area contributed by atoms with Gasteiger partial charge in [0.2, 0.25) is 10.0 Å². The monoisotopic (exact) mass is 313 g/mol. The number of benzene rings is 1. The van der Waals surface area contributed by atoms with Gasteiger partial charge in [-0.05, 0) is 43.0 Å². The summed E-state index contributed by atoms with van der Waals surface area (Å²) in [7, 11) is -3.53. The van der Waals surface area contributed by atoms with Crippen molar-refractivity contribution in [2.75, 3.05) is 19.8 Å². The first-order valence-corrected chi connectivity index (χ1v) is 8.74. The van der Waals surface area contributed by atoms with Gasteiger partial charge in [0.05, 0.1) is 18.1 Å². The van der Waals surface area contributed by atoms with Gasteiger partial charge in [0.25, 0.3) is 0 Å². The molecule has 1 aliphatic rings. The maximum Gasteiger partial charge on any atom is 0.243 e. The van der Waals surface area contributed by atoms with Crippen LogP contribution in [0.3, 0.4) is 0 Å². The Morgan fingerprint density at radius 1 is 1.33 bits per heavy atom. The number of aliphatic hydroxyl groups excluding tert-OH is 1. The summed E-state index contributed by atoms with van der Waals surface area (Å²) in [6.45, 7) is 5.06. The Hall–Kier alpha value is -1.11. The summed E-state index contributed by atoms with van der Waals surface area (Å²) >= 11 is 0. The van der Waals surface area contributed by atoms with Gasteiger partial charge in [-0.1, -0.05) is 13.8 Å². The molecule has 21 heavy (non-hydrogen) atoms. The van der Waals surface area contributed by atoms with E-state index >= 15 is 0 Å². The molecule has 1 heterocycles. The predicted octanol–water partition coefficient (Wildman–Crippen LogP) is 1.87. The Labute approximate surface area is 126 Å². The second-order valence-electron chi connectivity index (χ2n) is 5.77. The molecule has 0 bridgehead atoms. The lowest BCUT2D eigenvalue weighted by Gasteiger charge is -2.22. The van der Waals surface area contributed by atoms with Gasteiger partial charge < -0.3 is 9.84 Å². The second-order valence-corrected chi connectivity index (χ2v) is 7.66. The standard InChI is InChI=1S/C15H23NO4S/c1-12(2)11-20-14-5-7-15(8-6-14)21(18,19)16-9-3-4-13(16)10-17/h5-8,12-13,17H,3-4,9-11H2,1-2H3. The van der Waals surface area contributed by atoms with Crippen LogP contribution >= 0.6 is 0 Å². The molecule has 1 aromatic rings. The van der Waals surface area contributed by atoms with Crippen LogP contribution in [0.25, 0.3) is 0 Å². The fraction of sp³-hybridized carbons (Fsp3) is 0.600. The first-order valence-electron chi connectivity index (χ1n) is 7.30. The molecule has 0 aliphatic carbocycles. The lowest BCUT2D eigenvalue weighted by atomic mass is 10.2. The minimum atomic E-state index is -3.53. The highest BCUT2D eigenvalue weighted by molar-refractivity contribution is 7.89. The highest BCUT2D eigenvalue weighted by atomic mass is 32.2. The summed E-state index contributed by atoms with van der Waals surface area (Å²) in [6, 6.07) is 6.19. The van der Waals surface area contributed by atoms with Crippen molar-refractivity contribution in [3.63, 3.8) is 0 Å². The minimum Gasteiger partial charge on any atom is -0.493 e. The van der Waals surface area contributed by atoms with Gasteiger partial charge >= 0.3 is 0 Å². The third-order valence-corrected chi connectivity index (χ3v) is 5.51. The zero-order chi connectivity index (χ0) is 15.5.